The van der Waals surface area contributed by atoms with Crippen LogP contribution in [0.25, 0.3) is 10.9 Å². The van der Waals surface area contributed by atoms with Crippen LogP contribution >= 0.6 is 0 Å². The van der Waals surface area contributed by atoms with E-state index in [1.54, 1.807) is 0 Å². The van der Waals surface area contributed by atoms with Crippen molar-refractivity contribution in [1.82, 2.24) is 25.1 Å². The molecule has 1 fully saturated rings. The Kier molecular flexibility index (Phi) is 5.34. The molecule has 3 heterocycles. The van der Waals surface area contributed by atoms with Crippen LogP contribution in [0.15, 0.2) is 55.0 Å². The molecule has 4 rings (SSSR count). The van der Waals surface area contributed by atoms with E-state index < -0.39 is 0 Å². The Labute approximate surface area is 159 Å². The Bertz CT molecular complexity index is 884. The van der Waals surface area contributed by atoms with Crippen LogP contribution in [0.3, 0.4) is 0 Å². The summed E-state index contributed by atoms with van der Waals surface area (Å²) < 4.78 is 0. The molecule has 0 unspecified atom stereocenters. The van der Waals surface area contributed by atoms with Gasteiger partial charge < -0.3 is 15.2 Å². The Morgan fingerprint density at radius 3 is 2.67 bits per heavy atom. The van der Waals surface area contributed by atoms with E-state index in [1.165, 1.54) is 16.5 Å². The third-order valence-electron chi connectivity index (χ3n) is 5.16. The molecule has 2 N–H and O–H groups in total. The topological polar surface area (TPSA) is 64.3 Å². The summed E-state index contributed by atoms with van der Waals surface area (Å²) in [6, 6.07) is 12.4. The van der Waals surface area contributed by atoms with Crippen molar-refractivity contribution in [3.05, 3.63) is 66.1 Å². The number of carbonyl (C=O) groups excluding carboxylic acids is 1. The lowest BCUT2D eigenvalue weighted by molar-refractivity contribution is 0.135. The number of carbonyl (C=O) groups is 1. The maximum Gasteiger partial charge on any atom is 0.317 e. The van der Waals surface area contributed by atoms with Crippen LogP contribution in [0.5, 0.6) is 0 Å². The fourth-order valence-corrected chi connectivity index (χ4v) is 3.61. The summed E-state index contributed by atoms with van der Waals surface area (Å²) in [5.41, 5.74) is 3.65. The van der Waals surface area contributed by atoms with E-state index in [2.05, 4.69) is 32.3 Å². The molecular weight excluding hydrogens is 338 g/mol. The number of pyridine rings is 1. The molecule has 1 aliphatic rings. The fraction of sp³-hybridized carbons (Fsp3) is 0.333. The number of piperazine rings is 1. The molecule has 1 saturated heterocycles. The highest BCUT2D eigenvalue weighted by molar-refractivity contribution is 5.83. The quantitative estimate of drug-likeness (QED) is 0.732. The number of nitrogens with one attached hydrogen (secondary N) is 2. The summed E-state index contributed by atoms with van der Waals surface area (Å²) in [5.74, 6) is 0. The molecule has 0 aliphatic carbocycles. The van der Waals surface area contributed by atoms with E-state index in [0.29, 0.717) is 6.54 Å². The average molecular weight is 363 g/mol. The minimum absolute atomic E-state index is 0.0402. The second-order valence-corrected chi connectivity index (χ2v) is 6.96. The number of urea groups is 1. The van der Waals surface area contributed by atoms with Gasteiger partial charge in [0.05, 0.1) is 0 Å². The number of hydrogen-bond donors (Lipinski definition) is 2. The number of aromatic amines is 1. The lowest BCUT2D eigenvalue weighted by atomic mass is 10.1. The summed E-state index contributed by atoms with van der Waals surface area (Å²) in [4.78, 5) is 24.1. The first-order valence-corrected chi connectivity index (χ1v) is 9.48. The summed E-state index contributed by atoms with van der Waals surface area (Å²) in [5, 5.41) is 4.30. The van der Waals surface area contributed by atoms with Crippen molar-refractivity contribution in [2.45, 2.75) is 13.0 Å². The highest BCUT2D eigenvalue weighted by atomic mass is 16.2. The molecule has 1 aliphatic heterocycles. The number of rotatable bonds is 5. The van der Waals surface area contributed by atoms with Gasteiger partial charge in [0.2, 0.25) is 0 Å². The minimum atomic E-state index is 0.0402. The zero-order chi connectivity index (χ0) is 18.5. The lowest BCUT2D eigenvalue weighted by Crippen LogP contribution is -2.51. The van der Waals surface area contributed by atoms with Gasteiger partial charge in [-0.15, -0.1) is 0 Å². The molecule has 6 heteroatoms. The number of nitrogens with zero attached hydrogens (tertiary/aromatic N) is 3. The highest BCUT2D eigenvalue weighted by Gasteiger charge is 2.20. The number of hydrogen-bond acceptors (Lipinski definition) is 3. The SMILES string of the molecule is O=C(NCCc1c[nH]c2ccccc12)N1CCN(Cc2ccncc2)CC1. The van der Waals surface area contributed by atoms with Crippen LogP contribution in [0.1, 0.15) is 11.1 Å². The number of amides is 2. The highest BCUT2D eigenvalue weighted by Crippen LogP contribution is 2.17. The van der Waals surface area contributed by atoms with Crippen LogP contribution in [0.4, 0.5) is 4.79 Å². The molecule has 0 radical (unpaired) electrons. The summed E-state index contributed by atoms with van der Waals surface area (Å²) in [7, 11) is 0. The van der Waals surface area contributed by atoms with Gasteiger partial charge in [0, 0.05) is 68.8 Å². The van der Waals surface area contributed by atoms with Crippen molar-refractivity contribution in [2.75, 3.05) is 32.7 Å². The minimum Gasteiger partial charge on any atom is -0.361 e. The molecule has 0 spiro atoms. The molecule has 6 nitrogen and oxygen atoms in total. The normalized spacial score (nSPS) is 15.2. The average Bonchev–Trinajstić information content (AvgIpc) is 3.12. The second kappa shape index (κ2) is 8.22. The van der Waals surface area contributed by atoms with Crippen molar-refractivity contribution in [1.29, 1.82) is 0 Å². The first kappa shape index (κ1) is 17.5. The zero-order valence-corrected chi connectivity index (χ0v) is 15.4. The molecule has 0 atom stereocenters. The molecule has 3 aromatic rings. The van der Waals surface area contributed by atoms with Crippen molar-refractivity contribution >= 4 is 16.9 Å². The monoisotopic (exact) mass is 363 g/mol. The molecule has 2 aromatic heterocycles. The van der Waals surface area contributed by atoms with Gasteiger partial charge in [0.25, 0.3) is 0 Å². The molecule has 0 saturated carbocycles. The van der Waals surface area contributed by atoms with Crippen LogP contribution in [0.2, 0.25) is 0 Å². The van der Waals surface area contributed by atoms with E-state index in [4.69, 9.17) is 0 Å². The molecular formula is C21H25N5O. The standard InChI is InChI=1S/C21H25N5O/c27-21(23-10-7-18-15-24-20-4-2-1-3-19(18)20)26-13-11-25(12-14-26)16-17-5-8-22-9-6-17/h1-6,8-9,15,24H,7,10-14,16H2,(H,23,27). The number of para-hydroxylation sites is 1. The summed E-state index contributed by atoms with van der Waals surface area (Å²) in [6.07, 6.45) is 6.52. The Balaban J connectivity index is 1.21. The number of fused-ring (bicyclic) bond motifs is 1. The molecule has 1 aromatic carbocycles. The molecule has 2 amide bonds. The largest absolute Gasteiger partial charge is 0.361 e. The lowest BCUT2D eigenvalue weighted by Gasteiger charge is -2.34. The van der Waals surface area contributed by atoms with Gasteiger partial charge in [-0.3, -0.25) is 9.88 Å². The predicted molar refractivity (Wildman–Crippen MR) is 106 cm³/mol. The summed E-state index contributed by atoms with van der Waals surface area (Å²) in [6.45, 7) is 4.90. The van der Waals surface area contributed by atoms with E-state index in [0.717, 1.165) is 44.7 Å². The van der Waals surface area contributed by atoms with E-state index in [1.807, 2.05) is 47.8 Å². The Hall–Kier alpha value is -2.86. The summed E-state index contributed by atoms with van der Waals surface area (Å²) >= 11 is 0. The second-order valence-electron chi connectivity index (χ2n) is 6.96. The van der Waals surface area contributed by atoms with Crippen LogP contribution in [0, 0.1) is 0 Å². The maximum absolute atomic E-state index is 12.4. The van der Waals surface area contributed by atoms with Crippen LogP contribution < -0.4 is 5.32 Å². The van der Waals surface area contributed by atoms with Gasteiger partial charge in [-0.05, 0) is 35.7 Å². The third-order valence-corrected chi connectivity index (χ3v) is 5.16. The van der Waals surface area contributed by atoms with Crippen LogP contribution in [-0.2, 0) is 13.0 Å². The number of H-pyrrole nitrogens is 1. The van der Waals surface area contributed by atoms with Gasteiger partial charge in [-0.25, -0.2) is 4.79 Å². The van der Waals surface area contributed by atoms with Crippen molar-refractivity contribution in [2.24, 2.45) is 0 Å². The van der Waals surface area contributed by atoms with Crippen molar-refractivity contribution < 1.29 is 4.79 Å². The molecule has 27 heavy (non-hydrogen) atoms. The maximum atomic E-state index is 12.4. The van der Waals surface area contributed by atoms with Crippen molar-refractivity contribution in [3.63, 3.8) is 0 Å². The van der Waals surface area contributed by atoms with Gasteiger partial charge >= 0.3 is 6.03 Å². The fourth-order valence-electron chi connectivity index (χ4n) is 3.61. The van der Waals surface area contributed by atoms with Crippen molar-refractivity contribution in [3.8, 4) is 0 Å². The zero-order valence-electron chi connectivity index (χ0n) is 15.4. The van der Waals surface area contributed by atoms with E-state index in [-0.39, 0.29) is 6.03 Å². The van der Waals surface area contributed by atoms with Gasteiger partial charge in [0.1, 0.15) is 0 Å². The smallest absolute Gasteiger partial charge is 0.317 e. The third kappa shape index (κ3) is 4.28. The first-order chi connectivity index (χ1) is 13.3. The number of benzene rings is 1. The Morgan fingerprint density at radius 1 is 1.07 bits per heavy atom. The van der Waals surface area contributed by atoms with E-state index >= 15 is 0 Å². The van der Waals surface area contributed by atoms with Gasteiger partial charge in [-0.2, -0.15) is 0 Å². The van der Waals surface area contributed by atoms with Crippen LogP contribution in [-0.4, -0.2) is 58.5 Å². The van der Waals surface area contributed by atoms with Gasteiger partial charge in [0.15, 0.2) is 0 Å². The first-order valence-electron chi connectivity index (χ1n) is 9.48. The Morgan fingerprint density at radius 2 is 1.85 bits per heavy atom. The predicted octanol–water partition coefficient (Wildman–Crippen LogP) is 2.63. The van der Waals surface area contributed by atoms with Gasteiger partial charge in [-0.1, -0.05) is 18.2 Å². The number of aromatic nitrogens is 2. The molecule has 140 valence electrons. The molecule has 0 bridgehead atoms. The van der Waals surface area contributed by atoms with E-state index in [9.17, 15) is 4.79 Å².